The highest BCUT2D eigenvalue weighted by Crippen LogP contribution is 2.31. The minimum Gasteiger partial charge on any atom is -0.484 e. The third kappa shape index (κ3) is 4.92. The van der Waals surface area contributed by atoms with Gasteiger partial charge in [-0.25, -0.2) is 0 Å². The molecule has 2 aliphatic rings. The first-order valence-electron chi connectivity index (χ1n) is 11.5. The Morgan fingerprint density at radius 3 is 2.55 bits per heavy atom. The zero-order valence-electron chi connectivity index (χ0n) is 18.3. The molecule has 0 unspecified atom stereocenters. The number of benzene rings is 1. The lowest BCUT2D eigenvalue weighted by atomic mass is 9.83. The fourth-order valence-corrected chi connectivity index (χ4v) is 4.92. The summed E-state index contributed by atoms with van der Waals surface area (Å²) in [6, 6.07) is 11.5. The van der Waals surface area contributed by atoms with Crippen LogP contribution >= 0.6 is 0 Å². The van der Waals surface area contributed by atoms with Crippen LogP contribution in [0.2, 0.25) is 0 Å². The number of carbonyl (C=O) groups excluding carboxylic acids is 2. The Labute approximate surface area is 184 Å². The Bertz CT molecular complexity index is 874. The molecular weight excluding hydrogens is 392 g/mol. The first-order chi connectivity index (χ1) is 15.2. The number of hydrogen-bond donors (Lipinski definition) is 0. The quantitative estimate of drug-likeness (QED) is 0.714. The molecule has 0 bridgehead atoms. The van der Waals surface area contributed by atoms with Gasteiger partial charge in [-0.05, 0) is 63.1 Å². The molecule has 1 aromatic carbocycles. The van der Waals surface area contributed by atoms with E-state index in [1.165, 1.54) is 0 Å². The van der Waals surface area contributed by atoms with E-state index in [9.17, 15) is 9.59 Å². The van der Waals surface area contributed by atoms with Crippen LogP contribution in [0, 0.1) is 5.92 Å². The molecule has 2 saturated heterocycles. The molecule has 2 aromatic rings. The van der Waals surface area contributed by atoms with E-state index >= 15 is 0 Å². The highest BCUT2D eigenvalue weighted by atomic mass is 16.5. The topological polar surface area (TPSA) is 67.7 Å². The lowest BCUT2D eigenvalue weighted by molar-refractivity contribution is -0.139. The third-order valence-electron chi connectivity index (χ3n) is 6.58. The number of aromatic nitrogens is 2. The molecule has 0 saturated carbocycles. The van der Waals surface area contributed by atoms with Gasteiger partial charge < -0.3 is 14.5 Å². The van der Waals surface area contributed by atoms with E-state index in [1.807, 2.05) is 47.1 Å². The molecule has 2 aliphatic heterocycles. The minimum absolute atomic E-state index is 0.0608. The smallest absolute Gasteiger partial charge is 0.272 e. The van der Waals surface area contributed by atoms with E-state index in [-0.39, 0.29) is 24.5 Å². The Kier molecular flexibility index (Phi) is 6.89. The molecule has 1 atom stereocenters. The van der Waals surface area contributed by atoms with Gasteiger partial charge in [0, 0.05) is 38.4 Å². The summed E-state index contributed by atoms with van der Waals surface area (Å²) in [4.78, 5) is 29.8. The number of carbonyl (C=O) groups is 2. The molecule has 0 aliphatic carbocycles. The van der Waals surface area contributed by atoms with E-state index in [0.29, 0.717) is 18.2 Å². The van der Waals surface area contributed by atoms with Crippen molar-refractivity contribution in [1.82, 2.24) is 19.6 Å². The molecule has 1 aromatic heterocycles. The SMILES string of the molecule is CCn1nccc1C(=O)N1CCC([C@H]2CCCCN2C(=O)COc2ccccc2)CC1. The first kappa shape index (κ1) is 21.4. The standard InChI is InChI=1S/C24H32N4O3/c1-2-28-22(11-14-25-28)24(30)26-16-12-19(13-17-26)21-10-6-7-15-27(21)23(29)18-31-20-8-4-3-5-9-20/h3-5,8-9,11,14,19,21H,2,6-7,10,12-13,15-18H2,1H3/t21-/m1/s1. The number of amides is 2. The molecule has 0 radical (unpaired) electrons. The largest absolute Gasteiger partial charge is 0.484 e. The van der Waals surface area contributed by atoms with E-state index in [2.05, 4.69) is 5.10 Å². The third-order valence-corrected chi connectivity index (χ3v) is 6.58. The number of likely N-dealkylation sites (tertiary alicyclic amines) is 2. The second-order valence-corrected chi connectivity index (χ2v) is 8.41. The van der Waals surface area contributed by atoms with Crippen molar-refractivity contribution >= 4 is 11.8 Å². The number of hydrogen-bond acceptors (Lipinski definition) is 4. The second-order valence-electron chi connectivity index (χ2n) is 8.41. The van der Waals surface area contributed by atoms with Crippen LogP contribution in [0.15, 0.2) is 42.6 Å². The van der Waals surface area contributed by atoms with Crippen molar-refractivity contribution in [3.05, 3.63) is 48.3 Å². The van der Waals surface area contributed by atoms with Crippen molar-refractivity contribution in [2.75, 3.05) is 26.2 Å². The highest BCUT2D eigenvalue weighted by Gasteiger charge is 2.36. The van der Waals surface area contributed by atoms with Crippen molar-refractivity contribution < 1.29 is 14.3 Å². The summed E-state index contributed by atoms with van der Waals surface area (Å²) in [5.41, 5.74) is 0.661. The van der Waals surface area contributed by atoms with Crippen molar-refractivity contribution in [3.8, 4) is 5.75 Å². The monoisotopic (exact) mass is 424 g/mol. The number of piperidine rings is 2. The molecule has 4 rings (SSSR count). The summed E-state index contributed by atoms with van der Waals surface area (Å²) in [6.45, 7) is 5.03. The molecule has 166 valence electrons. The van der Waals surface area contributed by atoms with E-state index in [0.717, 1.165) is 57.5 Å². The molecule has 3 heterocycles. The zero-order valence-corrected chi connectivity index (χ0v) is 18.3. The normalized spacial score (nSPS) is 20.0. The average molecular weight is 425 g/mol. The van der Waals surface area contributed by atoms with Gasteiger partial charge in [0.25, 0.3) is 11.8 Å². The Morgan fingerprint density at radius 1 is 1.03 bits per heavy atom. The Morgan fingerprint density at radius 2 is 1.81 bits per heavy atom. The first-order valence-corrected chi connectivity index (χ1v) is 11.5. The molecule has 31 heavy (non-hydrogen) atoms. The van der Waals surface area contributed by atoms with Crippen LogP contribution in [-0.2, 0) is 11.3 Å². The van der Waals surface area contributed by atoms with Gasteiger partial charge in [0.15, 0.2) is 6.61 Å². The van der Waals surface area contributed by atoms with Crippen molar-refractivity contribution in [1.29, 1.82) is 0 Å². The van der Waals surface area contributed by atoms with Gasteiger partial charge in [0.2, 0.25) is 0 Å². The maximum Gasteiger partial charge on any atom is 0.272 e. The van der Waals surface area contributed by atoms with Gasteiger partial charge in [-0.15, -0.1) is 0 Å². The number of para-hydroxylation sites is 1. The minimum atomic E-state index is 0.0608. The number of rotatable bonds is 6. The van der Waals surface area contributed by atoms with Gasteiger partial charge >= 0.3 is 0 Å². The van der Waals surface area contributed by atoms with Crippen molar-refractivity contribution in [2.24, 2.45) is 5.92 Å². The van der Waals surface area contributed by atoms with Crippen LogP contribution in [0.3, 0.4) is 0 Å². The van der Waals surface area contributed by atoms with Crippen LogP contribution in [0.5, 0.6) is 5.75 Å². The van der Waals surface area contributed by atoms with Crippen LogP contribution in [0.1, 0.15) is 49.5 Å². The van der Waals surface area contributed by atoms with Gasteiger partial charge in [-0.2, -0.15) is 5.10 Å². The van der Waals surface area contributed by atoms with Gasteiger partial charge in [-0.1, -0.05) is 18.2 Å². The van der Waals surface area contributed by atoms with Crippen molar-refractivity contribution in [3.63, 3.8) is 0 Å². The number of aryl methyl sites for hydroxylation is 1. The predicted molar refractivity (Wildman–Crippen MR) is 118 cm³/mol. The maximum atomic E-state index is 12.9. The number of ether oxygens (including phenoxy) is 1. The summed E-state index contributed by atoms with van der Waals surface area (Å²) >= 11 is 0. The van der Waals surface area contributed by atoms with Gasteiger partial charge in [-0.3, -0.25) is 14.3 Å². The average Bonchev–Trinajstić information content (AvgIpc) is 3.32. The summed E-state index contributed by atoms with van der Waals surface area (Å²) < 4.78 is 7.47. The van der Waals surface area contributed by atoms with Crippen LogP contribution in [0.25, 0.3) is 0 Å². The maximum absolute atomic E-state index is 12.9. The predicted octanol–water partition coefficient (Wildman–Crippen LogP) is 3.22. The summed E-state index contributed by atoms with van der Waals surface area (Å²) in [6.07, 6.45) is 6.79. The van der Waals surface area contributed by atoms with Crippen LogP contribution < -0.4 is 4.74 Å². The van der Waals surface area contributed by atoms with Gasteiger partial charge in [0.1, 0.15) is 11.4 Å². The van der Waals surface area contributed by atoms with E-state index in [1.54, 1.807) is 16.9 Å². The van der Waals surface area contributed by atoms with Crippen LogP contribution in [-0.4, -0.2) is 63.7 Å². The fourth-order valence-electron chi connectivity index (χ4n) is 4.92. The molecule has 0 spiro atoms. The van der Waals surface area contributed by atoms with Crippen LogP contribution in [0.4, 0.5) is 0 Å². The summed E-state index contributed by atoms with van der Waals surface area (Å²) in [7, 11) is 0. The summed E-state index contributed by atoms with van der Waals surface area (Å²) in [5.74, 6) is 1.29. The lowest BCUT2D eigenvalue weighted by Gasteiger charge is -2.43. The molecular formula is C24H32N4O3. The van der Waals surface area contributed by atoms with Crippen molar-refractivity contribution in [2.45, 2.75) is 51.6 Å². The molecule has 7 nitrogen and oxygen atoms in total. The highest BCUT2D eigenvalue weighted by molar-refractivity contribution is 5.92. The van der Waals surface area contributed by atoms with E-state index < -0.39 is 0 Å². The lowest BCUT2D eigenvalue weighted by Crippen LogP contribution is -2.52. The Balaban J connectivity index is 1.34. The molecule has 2 amide bonds. The number of nitrogens with zero attached hydrogens (tertiary/aromatic N) is 4. The van der Waals surface area contributed by atoms with E-state index in [4.69, 9.17) is 4.74 Å². The summed E-state index contributed by atoms with van der Waals surface area (Å²) in [5, 5.41) is 4.22. The Hall–Kier alpha value is -2.83. The van der Waals surface area contributed by atoms with Gasteiger partial charge in [0.05, 0.1) is 0 Å². The molecule has 7 heteroatoms. The molecule has 2 fully saturated rings. The molecule has 0 N–H and O–H groups in total. The second kappa shape index (κ2) is 9.98. The zero-order chi connectivity index (χ0) is 21.6. The fraction of sp³-hybridized carbons (Fsp3) is 0.542.